The number of amides is 1. The lowest BCUT2D eigenvalue weighted by Crippen LogP contribution is -2.23. The fourth-order valence-electron chi connectivity index (χ4n) is 1.88. The summed E-state index contributed by atoms with van der Waals surface area (Å²) in [6, 6.07) is 7.82. The number of anilines is 1. The van der Waals surface area contributed by atoms with Gasteiger partial charge in [0.25, 0.3) is 0 Å². The second-order valence-electron chi connectivity index (χ2n) is 4.99. The van der Waals surface area contributed by atoms with Crippen LogP contribution in [0.25, 0.3) is 6.08 Å². The highest BCUT2D eigenvalue weighted by Gasteiger charge is 2.22. The zero-order chi connectivity index (χ0) is 17.7. The summed E-state index contributed by atoms with van der Waals surface area (Å²) in [6.45, 7) is 0. The smallest absolute Gasteiger partial charge is 0.248 e. The van der Waals surface area contributed by atoms with Gasteiger partial charge in [0.15, 0.2) is 0 Å². The van der Waals surface area contributed by atoms with Crippen LogP contribution in [-0.4, -0.2) is 39.8 Å². The summed E-state index contributed by atoms with van der Waals surface area (Å²) in [5.74, 6) is 0.327. The van der Waals surface area contributed by atoms with E-state index in [9.17, 15) is 13.2 Å². The Bertz CT molecular complexity index is 839. The molecule has 0 fully saturated rings. The zero-order valence-electron chi connectivity index (χ0n) is 13.5. The van der Waals surface area contributed by atoms with Crippen molar-refractivity contribution in [3.05, 3.63) is 48.4 Å². The fourth-order valence-corrected chi connectivity index (χ4v) is 2.96. The van der Waals surface area contributed by atoms with Crippen LogP contribution in [-0.2, 0) is 14.8 Å². The molecule has 1 amide bonds. The van der Waals surface area contributed by atoms with Crippen LogP contribution in [0, 0.1) is 0 Å². The third-order valence-electron chi connectivity index (χ3n) is 3.13. The first-order valence-electron chi connectivity index (χ1n) is 6.97. The molecule has 0 unspecified atom stereocenters. The van der Waals surface area contributed by atoms with Crippen LogP contribution in [0.2, 0.25) is 0 Å². The molecule has 0 aliphatic heterocycles. The van der Waals surface area contributed by atoms with Crippen LogP contribution >= 0.6 is 0 Å². The molecule has 0 atom stereocenters. The van der Waals surface area contributed by atoms with Gasteiger partial charge in [-0.2, -0.15) is 0 Å². The van der Waals surface area contributed by atoms with E-state index in [-0.39, 0.29) is 10.6 Å². The Morgan fingerprint density at radius 2 is 2.04 bits per heavy atom. The van der Waals surface area contributed by atoms with E-state index < -0.39 is 15.9 Å². The minimum Gasteiger partial charge on any atom is -0.495 e. The molecule has 1 aromatic carbocycles. The SMILES string of the molecule is COc1ccc(NC(=O)/C=C/c2ccco2)cc1S(=O)(=O)N(C)C. The number of carbonyl (C=O) groups is 1. The topological polar surface area (TPSA) is 88.8 Å². The lowest BCUT2D eigenvalue weighted by molar-refractivity contribution is -0.111. The Morgan fingerprint density at radius 3 is 2.62 bits per heavy atom. The first kappa shape index (κ1) is 17.8. The van der Waals surface area contributed by atoms with E-state index >= 15 is 0 Å². The zero-order valence-corrected chi connectivity index (χ0v) is 14.3. The molecule has 0 aliphatic carbocycles. The number of furan rings is 1. The molecule has 0 radical (unpaired) electrons. The largest absolute Gasteiger partial charge is 0.495 e. The van der Waals surface area contributed by atoms with Gasteiger partial charge in [-0.15, -0.1) is 0 Å². The summed E-state index contributed by atoms with van der Waals surface area (Å²) in [7, 11) is 0.527. The highest BCUT2D eigenvalue weighted by Crippen LogP contribution is 2.28. The maximum absolute atomic E-state index is 12.3. The molecule has 8 heteroatoms. The molecule has 0 saturated carbocycles. The molecule has 24 heavy (non-hydrogen) atoms. The average Bonchev–Trinajstić information content (AvgIpc) is 3.06. The number of nitrogens with zero attached hydrogens (tertiary/aromatic N) is 1. The van der Waals surface area contributed by atoms with Crippen molar-refractivity contribution >= 4 is 27.7 Å². The van der Waals surface area contributed by atoms with E-state index in [2.05, 4.69) is 5.32 Å². The van der Waals surface area contributed by atoms with Crippen LogP contribution in [0.4, 0.5) is 5.69 Å². The van der Waals surface area contributed by atoms with Crippen molar-refractivity contribution in [1.82, 2.24) is 4.31 Å². The monoisotopic (exact) mass is 350 g/mol. The van der Waals surface area contributed by atoms with E-state index in [1.165, 1.54) is 51.8 Å². The van der Waals surface area contributed by atoms with Crippen LogP contribution in [0.5, 0.6) is 5.75 Å². The Kier molecular flexibility index (Phi) is 5.42. The molecular formula is C16H18N2O5S. The molecule has 1 aromatic heterocycles. The standard InChI is InChI=1S/C16H18N2O5S/c1-18(2)24(20,21)15-11-12(6-8-14(15)22-3)17-16(19)9-7-13-5-4-10-23-13/h4-11H,1-3H3,(H,17,19)/b9-7+. The molecule has 2 aromatic rings. The Labute approximate surface area is 140 Å². The molecule has 1 N–H and O–H groups in total. The maximum atomic E-state index is 12.3. The van der Waals surface area contributed by atoms with Crippen molar-refractivity contribution in [3.63, 3.8) is 0 Å². The maximum Gasteiger partial charge on any atom is 0.248 e. The Morgan fingerprint density at radius 1 is 1.29 bits per heavy atom. The summed E-state index contributed by atoms with van der Waals surface area (Å²) < 4.78 is 35.9. The van der Waals surface area contributed by atoms with Crippen LogP contribution in [0.15, 0.2) is 52.0 Å². The van der Waals surface area contributed by atoms with Crippen LogP contribution < -0.4 is 10.1 Å². The van der Waals surface area contributed by atoms with E-state index in [0.29, 0.717) is 11.4 Å². The predicted octanol–water partition coefficient (Wildman–Crippen LogP) is 2.19. The summed E-state index contributed by atoms with van der Waals surface area (Å²) in [6.07, 6.45) is 4.30. The number of sulfonamides is 1. The average molecular weight is 350 g/mol. The molecule has 0 bridgehead atoms. The molecule has 0 saturated heterocycles. The second-order valence-corrected chi connectivity index (χ2v) is 7.11. The van der Waals surface area contributed by atoms with Gasteiger partial charge in [-0.25, -0.2) is 12.7 Å². The number of methoxy groups -OCH3 is 1. The lowest BCUT2D eigenvalue weighted by Gasteiger charge is -2.15. The fraction of sp³-hybridized carbons (Fsp3) is 0.188. The van der Waals surface area contributed by atoms with Gasteiger partial charge in [-0.05, 0) is 36.4 Å². The number of benzene rings is 1. The quantitative estimate of drug-likeness (QED) is 0.807. The van der Waals surface area contributed by atoms with Gasteiger partial charge in [0.2, 0.25) is 15.9 Å². The van der Waals surface area contributed by atoms with Gasteiger partial charge in [-0.1, -0.05) is 0 Å². The van der Waals surface area contributed by atoms with Crippen molar-refractivity contribution < 1.29 is 22.4 Å². The highest BCUT2D eigenvalue weighted by atomic mass is 32.2. The normalized spacial score (nSPS) is 11.8. The van der Waals surface area contributed by atoms with Gasteiger partial charge in [0.1, 0.15) is 16.4 Å². The second kappa shape index (κ2) is 7.33. The summed E-state index contributed by atoms with van der Waals surface area (Å²) >= 11 is 0. The molecule has 0 aliphatic rings. The number of hydrogen-bond donors (Lipinski definition) is 1. The highest BCUT2D eigenvalue weighted by molar-refractivity contribution is 7.89. The molecule has 7 nitrogen and oxygen atoms in total. The molecule has 128 valence electrons. The van der Waals surface area contributed by atoms with E-state index in [1.54, 1.807) is 18.2 Å². The van der Waals surface area contributed by atoms with Crippen molar-refractivity contribution in [2.24, 2.45) is 0 Å². The van der Waals surface area contributed by atoms with Crippen LogP contribution in [0.3, 0.4) is 0 Å². The minimum absolute atomic E-state index is 0.0252. The minimum atomic E-state index is -3.70. The lowest BCUT2D eigenvalue weighted by atomic mass is 10.3. The molecule has 1 heterocycles. The third kappa shape index (κ3) is 4.03. The predicted molar refractivity (Wildman–Crippen MR) is 90.2 cm³/mol. The number of rotatable bonds is 6. The summed E-state index contributed by atoms with van der Waals surface area (Å²) in [5.41, 5.74) is 0.338. The molecule has 0 spiro atoms. The summed E-state index contributed by atoms with van der Waals surface area (Å²) in [4.78, 5) is 11.9. The number of hydrogen-bond acceptors (Lipinski definition) is 5. The van der Waals surface area contributed by atoms with Crippen LogP contribution in [0.1, 0.15) is 5.76 Å². The number of carbonyl (C=O) groups excluding carboxylic acids is 1. The third-order valence-corrected chi connectivity index (χ3v) is 4.97. The van der Waals surface area contributed by atoms with Crippen molar-refractivity contribution in [1.29, 1.82) is 0 Å². The van der Waals surface area contributed by atoms with Gasteiger partial charge in [0.05, 0.1) is 13.4 Å². The Hall–Kier alpha value is -2.58. The number of ether oxygens (including phenoxy) is 1. The van der Waals surface area contributed by atoms with Crippen molar-refractivity contribution in [3.8, 4) is 5.75 Å². The van der Waals surface area contributed by atoms with E-state index in [0.717, 1.165) is 4.31 Å². The van der Waals surface area contributed by atoms with Gasteiger partial charge in [0, 0.05) is 25.9 Å². The summed E-state index contributed by atoms with van der Waals surface area (Å²) in [5, 5.41) is 2.60. The molecular weight excluding hydrogens is 332 g/mol. The molecule has 2 rings (SSSR count). The van der Waals surface area contributed by atoms with E-state index in [4.69, 9.17) is 9.15 Å². The Balaban J connectivity index is 2.24. The first-order chi connectivity index (χ1) is 11.3. The van der Waals surface area contributed by atoms with Crippen molar-refractivity contribution in [2.75, 3.05) is 26.5 Å². The van der Waals surface area contributed by atoms with Gasteiger partial charge < -0.3 is 14.5 Å². The first-order valence-corrected chi connectivity index (χ1v) is 8.41. The van der Waals surface area contributed by atoms with Gasteiger partial charge >= 0.3 is 0 Å². The number of nitrogens with one attached hydrogen (secondary N) is 1. The van der Waals surface area contributed by atoms with E-state index in [1.807, 2.05) is 0 Å². The van der Waals surface area contributed by atoms with Gasteiger partial charge in [-0.3, -0.25) is 4.79 Å². The van der Waals surface area contributed by atoms with Crippen molar-refractivity contribution in [2.45, 2.75) is 4.90 Å².